The molecule has 13 heavy (non-hydrogen) atoms. The molecule has 0 aliphatic rings. The lowest BCUT2D eigenvalue weighted by Gasteiger charge is -2.08. The molecule has 0 saturated carbocycles. The zero-order chi connectivity index (χ0) is 10.3. The Bertz CT molecular complexity index is 129. The first kappa shape index (κ1) is 13.1. The van der Waals surface area contributed by atoms with Crippen molar-refractivity contribution in [2.45, 2.75) is 13.3 Å². The Morgan fingerprint density at radius 2 is 2.08 bits per heavy atom. The lowest BCUT2D eigenvalue weighted by Crippen LogP contribution is -2.15. The molecule has 1 atom stereocenters. The van der Waals surface area contributed by atoms with Gasteiger partial charge in [0.25, 0.3) is 0 Å². The van der Waals surface area contributed by atoms with Crippen molar-refractivity contribution in [3.05, 3.63) is 0 Å². The van der Waals surface area contributed by atoms with Gasteiger partial charge in [0.15, 0.2) is 0 Å². The Hall–Kier alpha value is 0.0600. The Kier molecular flexibility index (Phi) is 6.53. The molecule has 0 saturated heterocycles. The minimum Gasteiger partial charge on any atom is -0.396 e. The molecule has 0 aromatic carbocycles. The fourth-order valence-electron chi connectivity index (χ4n) is 0.554. The second-order valence-electron chi connectivity index (χ2n) is 2.66. The van der Waals surface area contributed by atoms with E-state index in [4.69, 9.17) is 5.11 Å². The molecule has 0 radical (unpaired) electrons. The van der Waals surface area contributed by atoms with Crippen LogP contribution in [0.1, 0.15) is 6.92 Å². The zero-order valence-electron chi connectivity index (χ0n) is 7.30. The van der Waals surface area contributed by atoms with Crippen molar-refractivity contribution in [2.75, 3.05) is 24.7 Å². The maximum atomic E-state index is 11.4. The normalized spacial score (nSPS) is 14.5. The first-order valence-corrected chi connectivity index (χ1v) is 5.00. The molecule has 0 amide bonds. The van der Waals surface area contributed by atoms with E-state index in [1.54, 1.807) is 0 Å². The summed E-state index contributed by atoms with van der Waals surface area (Å²) >= 11 is 1.34. The van der Waals surface area contributed by atoms with Crippen LogP contribution in [0.4, 0.5) is 13.2 Å². The number of ether oxygens (including phenoxy) is 1. The van der Waals surface area contributed by atoms with Crippen LogP contribution in [0, 0.1) is 5.92 Å². The van der Waals surface area contributed by atoms with Crippen LogP contribution < -0.4 is 0 Å². The third-order valence-electron chi connectivity index (χ3n) is 1.21. The number of rotatable bonds is 6. The first-order valence-electron chi connectivity index (χ1n) is 3.85. The molecule has 0 rings (SSSR count). The molecule has 1 N–H and O–H groups in total. The van der Waals surface area contributed by atoms with Gasteiger partial charge in [0.05, 0.1) is 6.61 Å². The van der Waals surface area contributed by atoms with Gasteiger partial charge in [0.1, 0.15) is 0 Å². The molecule has 6 heteroatoms. The molecule has 0 aromatic heterocycles. The SMILES string of the molecule is CC(CO)CSCCOC(F)(F)F. The fourth-order valence-corrected chi connectivity index (χ4v) is 1.43. The van der Waals surface area contributed by atoms with E-state index < -0.39 is 6.36 Å². The van der Waals surface area contributed by atoms with Crippen LogP contribution >= 0.6 is 11.8 Å². The highest BCUT2D eigenvalue weighted by atomic mass is 32.2. The Balaban J connectivity index is 3.18. The number of aliphatic hydroxyl groups is 1. The van der Waals surface area contributed by atoms with Crippen molar-refractivity contribution in [2.24, 2.45) is 5.92 Å². The van der Waals surface area contributed by atoms with Crippen LogP contribution in [0.3, 0.4) is 0 Å². The number of aliphatic hydroxyl groups excluding tert-OH is 1. The average molecular weight is 218 g/mol. The summed E-state index contributed by atoms with van der Waals surface area (Å²) in [6.45, 7) is 1.57. The standard InChI is InChI=1S/C7H13F3O2S/c1-6(4-11)5-13-3-2-12-7(8,9)10/h6,11H,2-5H2,1H3. The van der Waals surface area contributed by atoms with Gasteiger partial charge >= 0.3 is 6.36 Å². The van der Waals surface area contributed by atoms with Crippen LogP contribution in [0.5, 0.6) is 0 Å². The van der Waals surface area contributed by atoms with E-state index in [0.29, 0.717) is 11.5 Å². The number of hydrogen-bond donors (Lipinski definition) is 1. The third-order valence-corrected chi connectivity index (χ3v) is 2.47. The highest BCUT2D eigenvalue weighted by molar-refractivity contribution is 7.99. The predicted molar refractivity (Wildman–Crippen MR) is 45.6 cm³/mol. The van der Waals surface area contributed by atoms with Crippen molar-refractivity contribution < 1.29 is 23.0 Å². The molecule has 0 aromatic rings. The average Bonchev–Trinajstić information content (AvgIpc) is 2.01. The molecule has 2 nitrogen and oxygen atoms in total. The van der Waals surface area contributed by atoms with Crippen molar-refractivity contribution in [1.82, 2.24) is 0 Å². The third kappa shape index (κ3) is 9.98. The summed E-state index contributed by atoms with van der Waals surface area (Å²) in [5.41, 5.74) is 0. The van der Waals surface area contributed by atoms with Crippen LogP contribution in [-0.4, -0.2) is 36.2 Å². The van der Waals surface area contributed by atoms with Crippen LogP contribution in [0.25, 0.3) is 0 Å². The van der Waals surface area contributed by atoms with Crippen LogP contribution in [0.15, 0.2) is 0 Å². The largest absolute Gasteiger partial charge is 0.522 e. The van der Waals surface area contributed by atoms with Gasteiger partial charge in [-0.05, 0) is 11.7 Å². The molecule has 0 aliphatic heterocycles. The second-order valence-corrected chi connectivity index (χ2v) is 3.81. The van der Waals surface area contributed by atoms with E-state index in [1.807, 2.05) is 6.92 Å². The Labute approximate surface area is 79.5 Å². The van der Waals surface area contributed by atoms with E-state index in [9.17, 15) is 13.2 Å². The zero-order valence-corrected chi connectivity index (χ0v) is 8.12. The number of hydrogen-bond acceptors (Lipinski definition) is 3. The summed E-state index contributed by atoms with van der Waals surface area (Å²) < 4.78 is 37.9. The first-order chi connectivity index (χ1) is 5.95. The Morgan fingerprint density at radius 3 is 2.54 bits per heavy atom. The number of halogens is 3. The van der Waals surface area contributed by atoms with E-state index >= 15 is 0 Å². The molecule has 80 valence electrons. The fraction of sp³-hybridized carbons (Fsp3) is 1.00. The van der Waals surface area contributed by atoms with Crippen LogP contribution in [-0.2, 0) is 4.74 Å². The van der Waals surface area contributed by atoms with E-state index in [1.165, 1.54) is 11.8 Å². The predicted octanol–water partition coefficient (Wildman–Crippen LogP) is 1.88. The summed E-state index contributed by atoms with van der Waals surface area (Å²) in [5.74, 6) is 1.07. The molecule has 0 bridgehead atoms. The van der Waals surface area contributed by atoms with Gasteiger partial charge in [0, 0.05) is 12.4 Å². The summed E-state index contributed by atoms with van der Waals surface area (Å²) in [6, 6.07) is 0. The Morgan fingerprint density at radius 1 is 1.46 bits per heavy atom. The van der Waals surface area contributed by atoms with Gasteiger partial charge in [0.2, 0.25) is 0 Å². The van der Waals surface area contributed by atoms with Gasteiger partial charge in [-0.3, -0.25) is 4.74 Å². The number of alkyl halides is 3. The van der Waals surface area contributed by atoms with Gasteiger partial charge in [-0.2, -0.15) is 11.8 Å². The quantitative estimate of drug-likeness (QED) is 0.690. The van der Waals surface area contributed by atoms with Gasteiger partial charge in [-0.1, -0.05) is 6.92 Å². The van der Waals surface area contributed by atoms with E-state index in [0.717, 1.165) is 0 Å². The monoisotopic (exact) mass is 218 g/mol. The minimum atomic E-state index is -4.52. The van der Waals surface area contributed by atoms with Gasteiger partial charge in [-0.25, -0.2) is 0 Å². The molecular weight excluding hydrogens is 205 g/mol. The van der Waals surface area contributed by atoms with E-state index in [2.05, 4.69) is 4.74 Å². The van der Waals surface area contributed by atoms with Crippen molar-refractivity contribution in [3.63, 3.8) is 0 Å². The van der Waals surface area contributed by atoms with Gasteiger partial charge in [-0.15, -0.1) is 13.2 Å². The molecule has 1 unspecified atom stereocenters. The summed E-state index contributed by atoms with van der Waals surface area (Å²) in [4.78, 5) is 0. The lowest BCUT2D eigenvalue weighted by molar-refractivity contribution is -0.322. The lowest BCUT2D eigenvalue weighted by atomic mass is 10.2. The summed E-state index contributed by atoms with van der Waals surface area (Å²) in [7, 11) is 0. The van der Waals surface area contributed by atoms with E-state index in [-0.39, 0.29) is 19.1 Å². The summed E-state index contributed by atoms with van der Waals surface area (Å²) in [6.07, 6.45) is -4.52. The molecule has 0 spiro atoms. The van der Waals surface area contributed by atoms with Crippen molar-refractivity contribution in [3.8, 4) is 0 Å². The molecular formula is C7H13F3O2S. The van der Waals surface area contributed by atoms with Crippen molar-refractivity contribution >= 4 is 11.8 Å². The van der Waals surface area contributed by atoms with Gasteiger partial charge < -0.3 is 5.11 Å². The molecule has 0 heterocycles. The highest BCUT2D eigenvalue weighted by Gasteiger charge is 2.28. The smallest absolute Gasteiger partial charge is 0.396 e. The highest BCUT2D eigenvalue weighted by Crippen LogP contribution is 2.17. The minimum absolute atomic E-state index is 0.0626. The maximum Gasteiger partial charge on any atom is 0.522 e. The summed E-state index contributed by atoms with van der Waals surface area (Å²) in [5, 5.41) is 8.60. The topological polar surface area (TPSA) is 29.5 Å². The second kappa shape index (κ2) is 6.50. The van der Waals surface area contributed by atoms with Crippen molar-refractivity contribution in [1.29, 1.82) is 0 Å². The number of thioether (sulfide) groups is 1. The molecule has 0 aliphatic carbocycles. The molecule has 0 fully saturated rings. The maximum absolute atomic E-state index is 11.4. The van der Waals surface area contributed by atoms with Crippen LogP contribution in [0.2, 0.25) is 0 Å².